The number of rotatable bonds is 5. The highest BCUT2D eigenvalue weighted by Gasteiger charge is 2.40. The van der Waals surface area contributed by atoms with Crippen LogP contribution in [0.2, 0.25) is 5.02 Å². The zero-order valence-electron chi connectivity index (χ0n) is 15.5. The van der Waals surface area contributed by atoms with E-state index in [4.69, 9.17) is 11.6 Å². The first kappa shape index (κ1) is 22.3. The van der Waals surface area contributed by atoms with Gasteiger partial charge in [0.05, 0.1) is 5.02 Å². The van der Waals surface area contributed by atoms with Gasteiger partial charge in [0.2, 0.25) is 5.91 Å². The molecule has 0 spiro atoms. The summed E-state index contributed by atoms with van der Waals surface area (Å²) in [6, 6.07) is 7.16. The molecule has 0 saturated carbocycles. The number of hydrogen-bond acceptors (Lipinski definition) is 4. The van der Waals surface area contributed by atoms with Gasteiger partial charge in [-0.2, -0.15) is 26.2 Å². The second-order valence-electron chi connectivity index (χ2n) is 6.51. The number of halogens is 4. The number of amides is 1. The van der Waals surface area contributed by atoms with Crippen LogP contribution in [-0.2, 0) is 15.0 Å². The molecule has 0 aromatic heterocycles. The number of nitrogens with zero attached hydrogens (tertiary/aromatic N) is 1. The summed E-state index contributed by atoms with van der Waals surface area (Å²) in [6.07, 6.45) is 0.0611. The number of carbonyl (C=O) groups excluding carboxylic acids is 1. The number of likely N-dealkylation sites (N-methyl/N-ethyl adjacent to an activating group) is 1. The molecule has 1 amide bonds. The molecule has 0 radical (unpaired) electrons. The lowest BCUT2D eigenvalue weighted by Crippen LogP contribution is -2.55. The molecule has 0 bridgehead atoms. The topological polar surface area (TPSA) is 87.7 Å². The second-order valence-corrected chi connectivity index (χ2v) is 8.68. The Morgan fingerprint density at radius 2 is 1.93 bits per heavy atom. The van der Waals surface area contributed by atoms with Gasteiger partial charge < -0.3 is 10.1 Å². The van der Waals surface area contributed by atoms with Crippen molar-refractivity contribution in [1.29, 1.82) is 0 Å². The number of hydrogen-bond donors (Lipinski definition) is 2. The Morgan fingerprint density at radius 1 is 1.27 bits per heavy atom. The van der Waals surface area contributed by atoms with Crippen LogP contribution < -0.4 is 14.8 Å². The summed E-state index contributed by atoms with van der Waals surface area (Å²) in [7, 11) is -2.75. The summed E-state index contributed by atoms with van der Waals surface area (Å²) < 4.78 is 70.5. The van der Waals surface area contributed by atoms with Crippen molar-refractivity contribution >= 4 is 33.4 Å². The molecule has 30 heavy (non-hydrogen) atoms. The van der Waals surface area contributed by atoms with E-state index in [0.717, 1.165) is 10.4 Å². The van der Waals surface area contributed by atoms with E-state index < -0.39 is 40.6 Å². The minimum Gasteiger partial charge on any atom is -0.435 e. The fourth-order valence-electron chi connectivity index (χ4n) is 3.01. The van der Waals surface area contributed by atoms with Gasteiger partial charge in [-0.05, 0) is 42.3 Å². The number of benzene rings is 2. The lowest BCUT2D eigenvalue weighted by molar-refractivity contribution is -0.120. The van der Waals surface area contributed by atoms with Crippen LogP contribution in [0, 0.1) is 5.82 Å². The Balaban J connectivity index is 1.80. The predicted octanol–water partition coefficient (Wildman–Crippen LogP) is 3.30. The average Bonchev–Trinajstić information content (AvgIpc) is 2.67. The molecule has 1 saturated heterocycles. The third kappa shape index (κ3) is 5.04. The van der Waals surface area contributed by atoms with E-state index >= 15 is 0 Å². The number of ether oxygens (including phenoxy) is 1. The summed E-state index contributed by atoms with van der Waals surface area (Å²) >= 11 is 5.70. The highest BCUT2D eigenvalue weighted by Crippen LogP contribution is 2.30. The highest BCUT2D eigenvalue weighted by molar-refractivity contribution is 7.87. The van der Waals surface area contributed by atoms with E-state index in [-0.39, 0.29) is 22.9 Å². The Hall–Kier alpha value is -2.34. The summed E-state index contributed by atoms with van der Waals surface area (Å²) in [6.45, 7) is -2.98. The first-order chi connectivity index (χ1) is 14.1. The molecule has 7 nitrogen and oxygen atoms in total. The first-order valence-electron chi connectivity index (χ1n) is 8.63. The van der Waals surface area contributed by atoms with E-state index in [1.807, 2.05) is 0 Å². The monoisotopic (exact) mass is 463 g/mol. The predicted molar refractivity (Wildman–Crippen MR) is 104 cm³/mol. The van der Waals surface area contributed by atoms with Gasteiger partial charge in [-0.15, -0.1) is 0 Å². The van der Waals surface area contributed by atoms with Crippen LogP contribution in [0.25, 0.3) is 0 Å². The maximum Gasteiger partial charge on any atom is 0.387 e. The molecule has 3 rings (SSSR count). The molecule has 162 valence electrons. The van der Waals surface area contributed by atoms with E-state index in [9.17, 15) is 26.4 Å². The van der Waals surface area contributed by atoms with E-state index in [1.165, 1.54) is 43.4 Å². The average molecular weight is 464 g/mol. The van der Waals surface area contributed by atoms with Crippen molar-refractivity contribution in [3.63, 3.8) is 0 Å². The fourth-order valence-corrected chi connectivity index (χ4v) is 4.46. The minimum atomic E-state index is -4.00. The molecule has 12 heteroatoms. The molecule has 2 aromatic carbocycles. The van der Waals surface area contributed by atoms with Gasteiger partial charge >= 0.3 is 6.61 Å². The number of carbonyl (C=O) groups is 1. The third-order valence-corrected chi connectivity index (χ3v) is 6.45. The summed E-state index contributed by atoms with van der Waals surface area (Å²) in [5, 5.41) is 2.33. The fraction of sp³-hybridized carbons (Fsp3) is 0.278. The third-order valence-electron chi connectivity index (χ3n) is 4.57. The molecule has 1 aliphatic heterocycles. The van der Waals surface area contributed by atoms with Gasteiger partial charge in [-0.25, -0.2) is 4.39 Å². The standard InChI is InChI=1S/C18H17ClF3N3O4S/c1-25-16(17(26)23-11-4-7-14(20)13(19)8-11)9-15(24-30(25,27)28)10-2-5-12(6-3-10)29-18(21)22/h2-8,15-16,18,24H,9H2,1H3,(H,23,26). The van der Waals surface area contributed by atoms with Crippen molar-refractivity contribution in [3.05, 3.63) is 58.9 Å². The molecule has 2 aromatic rings. The molecule has 1 aliphatic rings. The van der Waals surface area contributed by atoms with Crippen molar-refractivity contribution in [3.8, 4) is 5.75 Å². The molecular formula is C18H17ClF3N3O4S. The van der Waals surface area contributed by atoms with Crippen LogP contribution in [-0.4, -0.2) is 38.3 Å². The SMILES string of the molecule is CN1C(C(=O)Nc2ccc(F)c(Cl)c2)CC(c2ccc(OC(F)F)cc2)NS1(=O)=O. The quantitative estimate of drug-likeness (QED) is 0.712. The summed E-state index contributed by atoms with van der Waals surface area (Å²) in [4.78, 5) is 12.7. The van der Waals surface area contributed by atoms with E-state index in [0.29, 0.717) is 5.56 Å². The van der Waals surface area contributed by atoms with Crippen molar-refractivity contribution in [2.75, 3.05) is 12.4 Å². The van der Waals surface area contributed by atoms with Crippen LogP contribution in [0.1, 0.15) is 18.0 Å². The molecule has 2 atom stereocenters. The number of anilines is 1. The van der Waals surface area contributed by atoms with E-state index in [2.05, 4.69) is 14.8 Å². The Bertz CT molecular complexity index is 1040. The highest BCUT2D eigenvalue weighted by atomic mass is 35.5. The van der Waals surface area contributed by atoms with E-state index in [1.54, 1.807) is 0 Å². The lowest BCUT2D eigenvalue weighted by Gasteiger charge is -2.36. The van der Waals surface area contributed by atoms with Gasteiger partial charge in [-0.3, -0.25) is 4.79 Å². The van der Waals surface area contributed by atoms with Crippen LogP contribution in [0.15, 0.2) is 42.5 Å². The smallest absolute Gasteiger partial charge is 0.387 e. The first-order valence-corrected chi connectivity index (χ1v) is 10.4. The van der Waals surface area contributed by atoms with Crippen LogP contribution in [0.5, 0.6) is 5.75 Å². The molecule has 1 heterocycles. The molecule has 1 fully saturated rings. The van der Waals surface area contributed by atoms with Crippen molar-refractivity contribution in [1.82, 2.24) is 9.03 Å². The van der Waals surface area contributed by atoms with Gasteiger partial charge in [0.15, 0.2) is 0 Å². The largest absolute Gasteiger partial charge is 0.435 e. The number of alkyl halides is 2. The van der Waals surface area contributed by atoms with Gasteiger partial charge in [0.25, 0.3) is 10.2 Å². The summed E-state index contributed by atoms with van der Waals surface area (Å²) in [5.41, 5.74) is 0.677. The van der Waals surface area contributed by atoms with Gasteiger partial charge in [0.1, 0.15) is 17.6 Å². The molecular weight excluding hydrogens is 447 g/mol. The van der Waals surface area contributed by atoms with Crippen molar-refractivity contribution < 1.29 is 31.1 Å². The maximum absolute atomic E-state index is 13.3. The molecule has 2 N–H and O–H groups in total. The Labute approximate surface area is 176 Å². The Morgan fingerprint density at radius 3 is 2.53 bits per heavy atom. The zero-order chi connectivity index (χ0) is 22.1. The normalized spacial score (nSPS) is 21.4. The van der Waals surface area contributed by atoms with Crippen molar-refractivity contribution in [2.24, 2.45) is 0 Å². The molecule has 2 unspecified atom stereocenters. The van der Waals surface area contributed by atoms with Crippen LogP contribution in [0.4, 0.5) is 18.9 Å². The maximum atomic E-state index is 13.3. The van der Waals surface area contributed by atoms with Crippen LogP contribution >= 0.6 is 11.6 Å². The van der Waals surface area contributed by atoms with Gasteiger partial charge in [-0.1, -0.05) is 23.7 Å². The lowest BCUT2D eigenvalue weighted by atomic mass is 9.99. The second kappa shape index (κ2) is 8.80. The van der Waals surface area contributed by atoms with Crippen molar-refractivity contribution in [2.45, 2.75) is 25.1 Å². The zero-order valence-corrected chi connectivity index (χ0v) is 17.1. The summed E-state index contributed by atoms with van der Waals surface area (Å²) in [5.74, 6) is -1.37. The van der Waals surface area contributed by atoms with Gasteiger partial charge in [0, 0.05) is 18.8 Å². The number of nitrogens with one attached hydrogen (secondary N) is 2. The van der Waals surface area contributed by atoms with Crippen LogP contribution in [0.3, 0.4) is 0 Å². The minimum absolute atomic E-state index is 0.0611. The Kier molecular flexibility index (Phi) is 6.56. The molecule has 0 aliphatic carbocycles.